The highest BCUT2D eigenvalue weighted by Gasteiger charge is 1.95. The molecule has 2 rings (SSSR count). The molecule has 0 aliphatic heterocycles. The summed E-state index contributed by atoms with van der Waals surface area (Å²) in [6.07, 6.45) is 0. The number of ether oxygens (including phenoxy) is 1. The highest BCUT2D eigenvalue weighted by Crippen LogP contribution is 2.12. The van der Waals surface area contributed by atoms with Gasteiger partial charge in [0, 0.05) is 22.4 Å². The zero-order valence-corrected chi connectivity index (χ0v) is 12.5. The SMILES string of the molecule is Brc1cccc(COCCNCc2cccs2)c1. The topological polar surface area (TPSA) is 21.3 Å². The van der Waals surface area contributed by atoms with E-state index in [1.165, 1.54) is 10.4 Å². The Hall–Kier alpha value is -0.680. The Morgan fingerprint density at radius 1 is 1.22 bits per heavy atom. The second-order valence-corrected chi connectivity index (χ2v) is 5.89. The summed E-state index contributed by atoms with van der Waals surface area (Å²) in [4.78, 5) is 1.36. The lowest BCUT2D eigenvalue weighted by Gasteiger charge is -2.06. The van der Waals surface area contributed by atoms with Gasteiger partial charge in [-0.3, -0.25) is 0 Å². The van der Waals surface area contributed by atoms with Crippen molar-refractivity contribution in [3.63, 3.8) is 0 Å². The molecule has 0 spiro atoms. The summed E-state index contributed by atoms with van der Waals surface area (Å²) in [5.74, 6) is 0. The van der Waals surface area contributed by atoms with E-state index < -0.39 is 0 Å². The average Bonchev–Trinajstić information content (AvgIpc) is 2.87. The first kappa shape index (κ1) is 13.7. The van der Waals surface area contributed by atoms with E-state index in [1.54, 1.807) is 11.3 Å². The first-order chi connectivity index (χ1) is 8.84. The molecule has 0 aliphatic carbocycles. The maximum absolute atomic E-state index is 5.61. The third kappa shape index (κ3) is 4.90. The van der Waals surface area contributed by atoms with Gasteiger partial charge in [-0.05, 0) is 29.1 Å². The quantitative estimate of drug-likeness (QED) is 0.781. The van der Waals surface area contributed by atoms with Gasteiger partial charge in [0.1, 0.15) is 0 Å². The maximum atomic E-state index is 5.61. The number of thiophene rings is 1. The van der Waals surface area contributed by atoms with Crippen LogP contribution in [0, 0.1) is 0 Å². The number of halogens is 1. The van der Waals surface area contributed by atoms with Crippen LogP contribution in [0.4, 0.5) is 0 Å². The van der Waals surface area contributed by atoms with Crippen molar-refractivity contribution in [2.24, 2.45) is 0 Å². The molecule has 4 heteroatoms. The van der Waals surface area contributed by atoms with Crippen LogP contribution in [-0.4, -0.2) is 13.2 Å². The van der Waals surface area contributed by atoms with Crippen LogP contribution in [0.1, 0.15) is 10.4 Å². The van der Waals surface area contributed by atoms with Crippen molar-refractivity contribution in [3.05, 3.63) is 56.7 Å². The van der Waals surface area contributed by atoms with E-state index in [0.29, 0.717) is 6.61 Å². The summed E-state index contributed by atoms with van der Waals surface area (Å²) in [6, 6.07) is 12.4. The van der Waals surface area contributed by atoms with Gasteiger partial charge < -0.3 is 10.1 Å². The van der Waals surface area contributed by atoms with Crippen LogP contribution in [0.25, 0.3) is 0 Å². The van der Waals surface area contributed by atoms with Gasteiger partial charge in [0.05, 0.1) is 13.2 Å². The fraction of sp³-hybridized carbons (Fsp3) is 0.286. The number of hydrogen-bond donors (Lipinski definition) is 1. The van der Waals surface area contributed by atoms with Crippen molar-refractivity contribution < 1.29 is 4.74 Å². The van der Waals surface area contributed by atoms with Crippen LogP contribution >= 0.6 is 27.3 Å². The average molecular weight is 326 g/mol. The monoisotopic (exact) mass is 325 g/mol. The molecule has 0 atom stereocenters. The van der Waals surface area contributed by atoms with Gasteiger partial charge in [-0.15, -0.1) is 11.3 Å². The van der Waals surface area contributed by atoms with Crippen molar-refractivity contribution in [2.75, 3.05) is 13.2 Å². The van der Waals surface area contributed by atoms with Crippen molar-refractivity contribution >= 4 is 27.3 Å². The minimum absolute atomic E-state index is 0.667. The molecular weight excluding hydrogens is 310 g/mol. The first-order valence-corrected chi connectivity index (χ1v) is 7.57. The van der Waals surface area contributed by atoms with Crippen molar-refractivity contribution in [1.29, 1.82) is 0 Å². The molecule has 0 fully saturated rings. The second kappa shape index (κ2) is 7.69. The molecule has 0 saturated heterocycles. The Kier molecular flexibility index (Phi) is 5.87. The van der Waals surface area contributed by atoms with Gasteiger partial charge in [0.2, 0.25) is 0 Å². The summed E-state index contributed by atoms with van der Waals surface area (Å²) >= 11 is 5.23. The molecule has 0 amide bonds. The minimum atomic E-state index is 0.667. The normalized spacial score (nSPS) is 10.7. The standard InChI is InChI=1S/C14H16BrNOS/c15-13-4-1-3-12(9-13)11-17-7-6-16-10-14-5-2-8-18-14/h1-5,8-9,16H,6-7,10-11H2. The maximum Gasteiger partial charge on any atom is 0.0717 e. The van der Waals surface area contributed by atoms with E-state index in [-0.39, 0.29) is 0 Å². The number of nitrogens with one attached hydrogen (secondary N) is 1. The number of hydrogen-bond acceptors (Lipinski definition) is 3. The summed E-state index contributed by atoms with van der Waals surface area (Å²) in [5.41, 5.74) is 1.20. The Balaban J connectivity index is 1.56. The fourth-order valence-corrected chi connectivity index (χ4v) is 2.71. The van der Waals surface area contributed by atoms with E-state index in [2.05, 4.69) is 50.9 Å². The molecule has 0 aliphatic rings. The molecule has 0 bridgehead atoms. The fourth-order valence-electron chi connectivity index (χ4n) is 1.59. The van der Waals surface area contributed by atoms with E-state index in [0.717, 1.165) is 24.2 Å². The lowest BCUT2D eigenvalue weighted by atomic mass is 10.2. The highest BCUT2D eigenvalue weighted by atomic mass is 79.9. The Labute approximate surface area is 120 Å². The molecule has 96 valence electrons. The van der Waals surface area contributed by atoms with Gasteiger partial charge >= 0.3 is 0 Å². The van der Waals surface area contributed by atoms with E-state index in [9.17, 15) is 0 Å². The molecule has 1 heterocycles. The molecule has 1 aromatic carbocycles. The summed E-state index contributed by atoms with van der Waals surface area (Å²) < 4.78 is 6.71. The Morgan fingerprint density at radius 3 is 2.94 bits per heavy atom. The molecule has 2 aromatic rings. The molecule has 0 radical (unpaired) electrons. The van der Waals surface area contributed by atoms with Crippen LogP contribution in [0.5, 0.6) is 0 Å². The molecule has 0 unspecified atom stereocenters. The third-order valence-electron chi connectivity index (χ3n) is 2.46. The zero-order valence-electron chi connectivity index (χ0n) is 10.1. The van der Waals surface area contributed by atoms with Gasteiger partial charge in [0.15, 0.2) is 0 Å². The predicted octanol–water partition coefficient (Wildman–Crippen LogP) is 3.82. The largest absolute Gasteiger partial charge is 0.375 e. The van der Waals surface area contributed by atoms with E-state index in [1.807, 2.05) is 12.1 Å². The lowest BCUT2D eigenvalue weighted by Crippen LogP contribution is -2.18. The van der Waals surface area contributed by atoms with Crippen LogP contribution in [-0.2, 0) is 17.9 Å². The molecule has 18 heavy (non-hydrogen) atoms. The summed E-state index contributed by atoms with van der Waals surface area (Å²) in [5, 5.41) is 5.46. The Morgan fingerprint density at radius 2 is 2.17 bits per heavy atom. The smallest absolute Gasteiger partial charge is 0.0717 e. The van der Waals surface area contributed by atoms with Crippen LogP contribution in [0.2, 0.25) is 0 Å². The van der Waals surface area contributed by atoms with Crippen LogP contribution < -0.4 is 5.32 Å². The number of rotatable bonds is 7. The zero-order chi connectivity index (χ0) is 12.6. The minimum Gasteiger partial charge on any atom is -0.375 e. The Bertz CT molecular complexity index is 459. The van der Waals surface area contributed by atoms with E-state index >= 15 is 0 Å². The van der Waals surface area contributed by atoms with Crippen molar-refractivity contribution in [3.8, 4) is 0 Å². The van der Waals surface area contributed by atoms with E-state index in [4.69, 9.17) is 4.74 Å². The summed E-state index contributed by atoms with van der Waals surface area (Å²) in [6.45, 7) is 3.21. The van der Waals surface area contributed by atoms with Crippen molar-refractivity contribution in [1.82, 2.24) is 5.32 Å². The van der Waals surface area contributed by atoms with Gasteiger partial charge in [0.25, 0.3) is 0 Å². The lowest BCUT2D eigenvalue weighted by molar-refractivity contribution is 0.122. The molecule has 2 nitrogen and oxygen atoms in total. The molecular formula is C14H16BrNOS. The van der Waals surface area contributed by atoms with Gasteiger partial charge in [-0.1, -0.05) is 34.1 Å². The highest BCUT2D eigenvalue weighted by molar-refractivity contribution is 9.10. The first-order valence-electron chi connectivity index (χ1n) is 5.90. The van der Waals surface area contributed by atoms with Crippen LogP contribution in [0.15, 0.2) is 46.3 Å². The summed E-state index contributed by atoms with van der Waals surface area (Å²) in [7, 11) is 0. The predicted molar refractivity (Wildman–Crippen MR) is 79.8 cm³/mol. The third-order valence-corrected chi connectivity index (χ3v) is 3.83. The molecule has 0 saturated carbocycles. The number of benzene rings is 1. The molecule has 1 aromatic heterocycles. The van der Waals surface area contributed by atoms with Crippen LogP contribution in [0.3, 0.4) is 0 Å². The second-order valence-electron chi connectivity index (χ2n) is 3.94. The molecule has 1 N–H and O–H groups in total. The van der Waals surface area contributed by atoms with Crippen molar-refractivity contribution in [2.45, 2.75) is 13.2 Å². The van der Waals surface area contributed by atoms with Gasteiger partial charge in [-0.25, -0.2) is 0 Å². The van der Waals surface area contributed by atoms with Gasteiger partial charge in [-0.2, -0.15) is 0 Å².